The molecular formula is C14H23NO4. The van der Waals surface area contributed by atoms with Gasteiger partial charge in [-0.05, 0) is 12.0 Å². The molecule has 0 aliphatic carbocycles. The van der Waals surface area contributed by atoms with Crippen LogP contribution in [0.25, 0.3) is 0 Å². The Hall–Kier alpha value is -1.46. The highest BCUT2D eigenvalue weighted by Gasteiger charge is 2.15. The van der Waals surface area contributed by atoms with Gasteiger partial charge in [0.1, 0.15) is 0 Å². The summed E-state index contributed by atoms with van der Waals surface area (Å²) in [5.74, 6) is -0.933. The quantitative estimate of drug-likeness (QED) is 0.486. The van der Waals surface area contributed by atoms with E-state index in [-0.39, 0.29) is 17.4 Å². The van der Waals surface area contributed by atoms with Crippen LogP contribution in [0.4, 0.5) is 0 Å². The van der Waals surface area contributed by atoms with Gasteiger partial charge in [-0.3, -0.25) is 0 Å². The molecule has 1 atom stereocenters. The molecule has 0 saturated carbocycles. The maximum atomic E-state index is 9.94. The molecule has 5 heteroatoms. The number of aliphatic hydroxyl groups excluding tert-OH is 1. The van der Waals surface area contributed by atoms with Crippen LogP contribution < -0.4 is 5.32 Å². The Bertz CT molecular complexity index is 405. The Labute approximate surface area is 113 Å². The zero-order valence-corrected chi connectivity index (χ0v) is 11.4. The third-order valence-corrected chi connectivity index (χ3v) is 3.48. The van der Waals surface area contributed by atoms with Gasteiger partial charge in [-0.2, -0.15) is 0 Å². The largest absolute Gasteiger partial charge is 0.504 e. The second kappa shape index (κ2) is 7.21. The summed E-state index contributed by atoms with van der Waals surface area (Å²) in [6, 6.07) is 2.85. The van der Waals surface area contributed by atoms with Crippen molar-refractivity contribution in [2.75, 3.05) is 6.54 Å². The van der Waals surface area contributed by atoms with Gasteiger partial charge in [0.2, 0.25) is 5.75 Å². The smallest absolute Gasteiger partial charge is 0.200 e. The molecule has 0 aliphatic rings. The highest BCUT2D eigenvalue weighted by atomic mass is 16.3. The van der Waals surface area contributed by atoms with Crippen molar-refractivity contribution in [2.24, 2.45) is 5.92 Å². The van der Waals surface area contributed by atoms with E-state index < -0.39 is 11.9 Å². The molecule has 1 rings (SSSR count). The van der Waals surface area contributed by atoms with Crippen LogP contribution in [-0.2, 0) is 6.54 Å². The third-order valence-electron chi connectivity index (χ3n) is 3.48. The minimum absolute atomic E-state index is 0.259. The number of phenolic OH excluding ortho intramolecular Hbond substituents is 3. The van der Waals surface area contributed by atoms with E-state index in [4.69, 9.17) is 0 Å². The average Bonchev–Trinajstić information content (AvgIpc) is 2.40. The normalized spacial score (nSPS) is 12.8. The molecule has 0 amide bonds. The summed E-state index contributed by atoms with van der Waals surface area (Å²) < 4.78 is 0. The average molecular weight is 269 g/mol. The number of nitrogens with one attached hydrogen (secondary N) is 1. The Morgan fingerprint density at radius 2 is 1.68 bits per heavy atom. The first-order valence-electron chi connectivity index (χ1n) is 6.62. The molecule has 0 spiro atoms. The lowest BCUT2D eigenvalue weighted by molar-refractivity contribution is 0.101. The highest BCUT2D eigenvalue weighted by molar-refractivity contribution is 5.52. The van der Waals surface area contributed by atoms with Crippen LogP contribution in [-0.4, -0.2) is 33.1 Å². The lowest BCUT2D eigenvalue weighted by Crippen LogP contribution is -2.32. The molecule has 1 unspecified atom stereocenters. The molecule has 1 aromatic carbocycles. The van der Waals surface area contributed by atoms with Crippen molar-refractivity contribution in [3.8, 4) is 17.2 Å². The Kier molecular flexibility index (Phi) is 5.92. The fourth-order valence-corrected chi connectivity index (χ4v) is 2.11. The minimum atomic E-state index is -0.514. The Balaban J connectivity index is 2.52. The number of hydrogen-bond donors (Lipinski definition) is 5. The molecule has 108 valence electrons. The number of phenols is 3. The van der Waals surface area contributed by atoms with Crippen molar-refractivity contribution in [1.29, 1.82) is 0 Å². The van der Waals surface area contributed by atoms with Crippen molar-refractivity contribution in [3.05, 3.63) is 17.7 Å². The van der Waals surface area contributed by atoms with Crippen molar-refractivity contribution in [1.82, 2.24) is 5.32 Å². The van der Waals surface area contributed by atoms with Gasteiger partial charge in [-0.1, -0.05) is 32.8 Å². The van der Waals surface area contributed by atoms with E-state index in [0.717, 1.165) is 12.8 Å². The van der Waals surface area contributed by atoms with Crippen LogP contribution >= 0.6 is 0 Å². The summed E-state index contributed by atoms with van der Waals surface area (Å²) in [5, 5.41) is 41.2. The van der Waals surface area contributed by atoms with Crippen LogP contribution in [0.1, 0.15) is 32.3 Å². The first-order chi connectivity index (χ1) is 9.01. The third kappa shape index (κ3) is 4.01. The molecule has 0 radical (unpaired) electrons. The van der Waals surface area contributed by atoms with Gasteiger partial charge < -0.3 is 25.7 Å². The summed E-state index contributed by atoms with van der Waals surface area (Å²) in [6.07, 6.45) is 1.41. The van der Waals surface area contributed by atoms with Crippen molar-refractivity contribution in [2.45, 2.75) is 39.3 Å². The second-order valence-corrected chi connectivity index (χ2v) is 4.72. The minimum Gasteiger partial charge on any atom is -0.504 e. The molecule has 5 nitrogen and oxygen atoms in total. The molecule has 0 fully saturated rings. The first-order valence-corrected chi connectivity index (χ1v) is 6.62. The van der Waals surface area contributed by atoms with E-state index in [2.05, 4.69) is 5.32 Å². The van der Waals surface area contributed by atoms with E-state index in [0.29, 0.717) is 18.7 Å². The van der Waals surface area contributed by atoms with E-state index in [1.807, 2.05) is 13.8 Å². The number of aromatic hydroxyl groups is 3. The van der Waals surface area contributed by atoms with Crippen LogP contribution in [0.3, 0.4) is 0 Å². The van der Waals surface area contributed by atoms with E-state index in [1.165, 1.54) is 12.1 Å². The topological polar surface area (TPSA) is 93.0 Å². The maximum Gasteiger partial charge on any atom is 0.200 e. The van der Waals surface area contributed by atoms with Crippen molar-refractivity contribution < 1.29 is 20.4 Å². The maximum absolute atomic E-state index is 9.94. The Morgan fingerprint density at radius 3 is 2.26 bits per heavy atom. The molecule has 0 saturated heterocycles. The first kappa shape index (κ1) is 15.6. The fraction of sp³-hybridized carbons (Fsp3) is 0.571. The number of aliphatic hydroxyl groups is 1. The van der Waals surface area contributed by atoms with E-state index in [1.54, 1.807) is 0 Å². The lowest BCUT2D eigenvalue weighted by Gasteiger charge is -2.20. The molecular weight excluding hydrogens is 246 g/mol. The second-order valence-electron chi connectivity index (χ2n) is 4.72. The SMILES string of the molecule is CCC(CC)C(O)CNCc1ccc(O)c(O)c1O. The summed E-state index contributed by atoms with van der Waals surface area (Å²) in [5.41, 5.74) is 0.479. The van der Waals surface area contributed by atoms with Gasteiger partial charge >= 0.3 is 0 Å². The standard InChI is InChI=1S/C14H23NO4/c1-3-9(4-2)12(17)8-15-7-10-5-6-11(16)14(19)13(10)18/h5-6,9,12,15-19H,3-4,7-8H2,1-2H3. The number of hydrogen-bond acceptors (Lipinski definition) is 5. The molecule has 19 heavy (non-hydrogen) atoms. The summed E-state index contributed by atoms with van der Waals surface area (Å²) in [7, 11) is 0. The number of rotatable bonds is 7. The monoisotopic (exact) mass is 269 g/mol. The molecule has 0 heterocycles. The molecule has 5 N–H and O–H groups in total. The fourth-order valence-electron chi connectivity index (χ4n) is 2.11. The van der Waals surface area contributed by atoms with Gasteiger partial charge in [0.05, 0.1) is 6.10 Å². The molecule has 1 aromatic rings. The Morgan fingerprint density at radius 1 is 1.05 bits per heavy atom. The van der Waals surface area contributed by atoms with Crippen LogP contribution in [0.5, 0.6) is 17.2 Å². The van der Waals surface area contributed by atoms with Gasteiger partial charge in [0.25, 0.3) is 0 Å². The van der Waals surface area contributed by atoms with Crippen LogP contribution in [0.2, 0.25) is 0 Å². The predicted octanol–water partition coefficient (Wildman–Crippen LogP) is 1.69. The van der Waals surface area contributed by atoms with Crippen molar-refractivity contribution >= 4 is 0 Å². The summed E-state index contributed by atoms with van der Waals surface area (Å²) in [4.78, 5) is 0. The van der Waals surface area contributed by atoms with Crippen LogP contribution in [0, 0.1) is 5.92 Å². The van der Waals surface area contributed by atoms with Gasteiger partial charge in [-0.25, -0.2) is 0 Å². The van der Waals surface area contributed by atoms with Gasteiger partial charge in [0.15, 0.2) is 11.5 Å². The zero-order chi connectivity index (χ0) is 14.4. The van der Waals surface area contributed by atoms with Crippen LogP contribution in [0.15, 0.2) is 12.1 Å². The van der Waals surface area contributed by atoms with E-state index >= 15 is 0 Å². The molecule has 0 aliphatic heterocycles. The lowest BCUT2D eigenvalue weighted by atomic mass is 9.96. The van der Waals surface area contributed by atoms with Crippen molar-refractivity contribution in [3.63, 3.8) is 0 Å². The molecule has 0 aromatic heterocycles. The van der Waals surface area contributed by atoms with Gasteiger partial charge in [-0.15, -0.1) is 0 Å². The highest BCUT2D eigenvalue weighted by Crippen LogP contribution is 2.36. The summed E-state index contributed by atoms with van der Waals surface area (Å²) >= 11 is 0. The predicted molar refractivity (Wildman–Crippen MR) is 73.2 cm³/mol. The zero-order valence-electron chi connectivity index (χ0n) is 11.4. The van der Waals surface area contributed by atoms with Gasteiger partial charge in [0, 0.05) is 18.7 Å². The summed E-state index contributed by atoms with van der Waals surface area (Å²) in [6.45, 7) is 4.83. The number of benzene rings is 1. The molecule has 0 bridgehead atoms. The van der Waals surface area contributed by atoms with E-state index in [9.17, 15) is 20.4 Å².